The summed E-state index contributed by atoms with van der Waals surface area (Å²) in [6.07, 6.45) is 5.67. The van der Waals surface area contributed by atoms with Gasteiger partial charge in [0.15, 0.2) is 0 Å². The van der Waals surface area contributed by atoms with Gasteiger partial charge in [0.1, 0.15) is 0 Å². The third kappa shape index (κ3) is 2.60. The van der Waals surface area contributed by atoms with Crippen LogP contribution in [0, 0.1) is 21.3 Å². The van der Waals surface area contributed by atoms with Gasteiger partial charge < -0.3 is 5.32 Å². The van der Waals surface area contributed by atoms with Gasteiger partial charge in [-0.05, 0) is 83.8 Å². The zero-order valence-corrected chi connectivity index (χ0v) is 13.2. The molecule has 1 N–H and O–H groups in total. The van der Waals surface area contributed by atoms with Gasteiger partial charge in [0.05, 0.1) is 0 Å². The summed E-state index contributed by atoms with van der Waals surface area (Å²) in [6, 6.07) is 9.76. The average Bonchev–Trinajstić information content (AvgIpc) is 2.84. The van der Waals surface area contributed by atoms with Crippen molar-refractivity contribution in [3.8, 4) is 0 Å². The minimum absolute atomic E-state index is 0.713. The molecule has 1 aromatic carbocycles. The molecular weight excluding hydrogens is 333 g/mol. The minimum atomic E-state index is 0.713. The predicted molar refractivity (Wildman–Crippen MR) is 84.6 cm³/mol. The fraction of sp³-hybridized carbons (Fsp3) is 0.625. The van der Waals surface area contributed by atoms with Gasteiger partial charge >= 0.3 is 0 Å². The molecule has 2 fully saturated rings. The molecule has 2 heteroatoms. The highest BCUT2D eigenvalue weighted by molar-refractivity contribution is 14.1. The third-order valence-corrected chi connectivity index (χ3v) is 5.49. The Balaban J connectivity index is 1.65. The maximum atomic E-state index is 3.73. The van der Waals surface area contributed by atoms with Crippen LogP contribution in [0.4, 0.5) is 0 Å². The quantitative estimate of drug-likeness (QED) is 0.791. The molecule has 0 radical (unpaired) electrons. The van der Waals surface area contributed by atoms with Crippen molar-refractivity contribution in [2.24, 2.45) is 17.8 Å². The highest BCUT2D eigenvalue weighted by Gasteiger charge is 2.55. The van der Waals surface area contributed by atoms with Crippen molar-refractivity contribution in [1.82, 2.24) is 5.32 Å². The van der Waals surface area contributed by atoms with E-state index in [-0.39, 0.29) is 0 Å². The number of fused-ring (bicyclic) bond motifs is 1. The van der Waals surface area contributed by atoms with E-state index in [1.165, 1.54) is 34.8 Å². The second kappa shape index (κ2) is 5.49. The van der Waals surface area contributed by atoms with E-state index in [0.29, 0.717) is 6.04 Å². The first-order valence-electron chi connectivity index (χ1n) is 7.27. The number of likely N-dealkylation sites (N-methyl/N-ethyl adjacent to an activating group) is 1. The summed E-state index contributed by atoms with van der Waals surface area (Å²) in [4.78, 5) is 0. The van der Waals surface area contributed by atoms with E-state index >= 15 is 0 Å². The minimum Gasteiger partial charge on any atom is -0.314 e. The Morgan fingerprint density at radius 2 is 1.89 bits per heavy atom. The fourth-order valence-corrected chi connectivity index (χ4v) is 4.31. The number of hydrogen-bond donors (Lipinski definition) is 1. The van der Waals surface area contributed by atoms with E-state index in [2.05, 4.69) is 59.1 Å². The van der Waals surface area contributed by atoms with Crippen LogP contribution < -0.4 is 5.32 Å². The van der Waals surface area contributed by atoms with Crippen LogP contribution in [0.15, 0.2) is 24.3 Å². The highest BCUT2D eigenvalue weighted by atomic mass is 127. The number of benzene rings is 1. The second-order valence-electron chi connectivity index (χ2n) is 5.83. The SMILES string of the molecule is CCNC(Cc1ccc(I)cc1)C1C2CCCC21. The Bertz CT molecular complexity index is 390. The summed E-state index contributed by atoms with van der Waals surface area (Å²) < 4.78 is 1.33. The standard InChI is InChI=1S/C16H22IN/c1-2-18-15(16-13-4-3-5-14(13)16)10-11-6-8-12(17)9-7-11/h6-9,13-16,18H,2-5,10H2,1H3. The molecule has 1 nitrogen and oxygen atoms in total. The Kier molecular flexibility index (Phi) is 3.94. The molecule has 0 spiro atoms. The smallest absolute Gasteiger partial charge is 0.0141 e. The van der Waals surface area contributed by atoms with Crippen molar-refractivity contribution in [2.45, 2.75) is 38.6 Å². The molecule has 2 saturated carbocycles. The Morgan fingerprint density at radius 3 is 2.50 bits per heavy atom. The van der Waals surface area contributed by atoms with E-state index in [0.717, 1.165) is 24.3 Å². The molecule has 0 aliphatic heterocycles. The van der Waals surface area contributed by atoms with Gasteiger partial charge in [0, 0.05) is 9.61 Å². The summed E-state index contributed by atoms with van der Waals surface area (Å²) in [5.74, 6) is 3.08. The number of nitrogens with one attached hydrogen (secondary N) is 1. The largest absolute Gasteiger partial charge is 0.314 e. The number of rotatable bonds is 5. The van der Waals surface area contributed by atoms with E-state index in [1.807, 2.05) is 0 Å². The van der Waals surface area contributed by atoms with E-state index in [1.54, 1.807) is 0 Å². The summed E-state index contributed by atoms with van der Waals surface area (Å²) in [7, 11) is 0. The van der Waals surface area contributed by atoms with Crippen LogP contribution in [0.1, 0.15) is 31.7 Å². The maximum absolute atomic E-state index is 3.73. The van der Waals surface area contributed by atoms with Crippen LogP contribution >= 0.6 is 22.6 Å². The Morgan fingerprint density at radius 1 is 1.22 bits per heavy atom. The van der Waals surface area contributed by atoms with Crippen molar-refractivity contribution in [2.75, 3.05) is 6.54 Å². The van der Waals surface area contributed by atoms with E-state index < -0.39 is 0 Å². The van der Waals surface area contributed by atoms with Crippen LogP contribution in [0.5, 0.6) is 0 Å². The number of hydrogen-bond acceptors (Lipinski definition) is 1. The normalized spacial score (nSPS) is 31.1. The van der Waals surface area contributed by atoms with Gasteiger partial charge in [0.25, 0.3) is 0 Å². The lowest BCUT2D eigenvalue weighted by Gasteiger charge is -2.20. The predicted octanol–water partition coefficient (Wildman–Crippen LogP) is 3.86. The Labute approximate surface area is 124 Å². The van der Waals surface area contributed by atoms with Crippen molar-refractivity contribution in [1.29, 1.82) is 0 Å². The fourth-order valence-electron chi connectivity index (χ4n) is 3.95. The molecule has 98 valence electrons. The van der Waals surface area contributed by atoms with Gasteiger partial charge in [0.2, 0.25) is 0 Å². The second-order valence-corrected chi connectivity index (χ2v) is 7.08. The van der Waals surface area contributed by atoms with Crippen LogP contribution in [0.2, 0.25) is 0 Å². The monoisotopic (exact) mass is 355 g/mol. The molecule has 0 saturated heterocycles. The lowest BCUT2D eigenvalue weighted by molar-refractivity contribution is 0.411. The van der Waals surface area contributed by atoms with Crippen molar-refractivity contribution < 1.29 is 0 Å². The van der Waals surface area contributed by atoms with Crippen LogP contribution in [0.25, 0.3) is 0 Å². The molecule has 18 heavy (non-hydrogen) atoms. The average molecular weight is 355 g/mol. The summed E-state index contributed by atoms with van der Waals surface area (Å²) in [6.45, 7) is 3.34. The van der Waals surface area contributed by atoms with Gasteiger partial charge in [-0.2, -0.15) is 0 Å². The zero-order valence-electron chi connectivity index (χ0n) is 11.0. The third-order valence-electron chi connectivity index (χ3n) is 4.77. The molecule has 2 aliphatic rings. The first-order valence-corrected chi connectivity index (χ1v) is 8.35. The molecule has 0 amide bonds. The van der Waals surface area contributed by atoms with Gasteiger partial charge in [-0.25, -0.2) is 0 Å². The molecule has 1 aromatic rings. The molecule has 0 aromatic heterocycles. The van der Waals surface area contributed by atoms with Gasteiger partial charge in [-0.3, -0.25) is 0 Å². The molecular formula is C16H22IN. The first-order chi connectivity index (χ1) is 8.79. The molecule has 0 heterocycles. The van der Waals surface area contributed by atoms with Crippen molar-refractivity contribution in [3.63, 3.8) is 0 Å². The van der Waals surface area contributed by atoms with E-state index in [4.69, 9.17) is 0 Å². The topological polar surface area (TPSA) is 12.0 Å². The summed E-state index contributed by atoms with van der Waals surface area (Å²) in [5, 5.41) is 3.73. The van der Waals surface area contributed by atoms with Gasteiger partial charge in [-0.15, -0.1) is 0 Å². The molecule has 3 rings (SSSR count). The Hall–Kier alpha value is -0.0900. The van der Waals surface area contributed by atoms with Crippen molar-refractivity contribution in [3.05, 3.63) is 33.4 Å². The zero-order chi connectivity index (χ0) is 12.5. The molecule has 3 unspecified atom stereocenters. The molecule has 3 atom stereocenters. The lowest BCUT2D eigenvalue weighted by Crippen LogP contribution is -2.34. The number of halogens is 1. The van der Waals surface area contributed by atoms with E-state index in [9.17, 15) is 0 Å². The molecule has 0 bridgehead atoms. The van der Waals surface area contributed by atoms with Crippen LogP contribution in [-0.2, 0) is 6.42 Å². The first kappa shape index (κ1) is 12.9. The summed E-state index contributed by atoms with van der Waals surface area (Å²) >= 11 is 2.38. The highest BCUT2D eigenvalue weighted by Crippen LogP contribution is 2.59. The van der Waals surface area contributed by atoms with Crippen molar-refractivity contribution >= 4 is 22.6 Å². The molecule has 2 aliphatic carbocycles. The van der Waals surface area contributed by atoms with Crippen LogP contribution in [0.3, 0.4) is 0 Å². The summed E-state index contributed by atoms with van der Waals surface area (Å²) in [5.41, 5.74) is 1.49. The lowest BCUT2D eigenvalue weighted by atomic mass is 9.97. The maximum Gasteiger partial charge on any atom is 0.0141 e. The van der Waals surface area contributed by atoms with Crippen LogP contribution in [-0.4, -0.2) is 12.6 Å². The van der Waals surface area contributed by atoms with Gasteiger partial charge in [-0.1, -0.05) is 25.5 Å².